The van der Waals surface area contributed by atoms with Gasteiger partial charge >= 0.3 is 39.5 Å². The van der Waals surface area contributed by atoms with Crippen LogP contribution in [0.1, 0.15) is 427 Å². The number of unbranched alkanes of at least 4 members (excludes halogenated alkanes) is 50. The van der Waals surface area contributed by atoms with Crippen molar-refractivity contribution in [1.29, 1.82) is 0 Å². The van der Waals surface area contributed by atoms with E-state index in [-0.39, 0.29) is 25.7 Å². The Labute approximate surface area is 613 Å². The molecule has 0 aromatic carbocycles. The van der Waals surface area contributed by atoms with Crippen LogP contribution in [0.4, 0.5) is 0 Å². The molecule has 0 aromatic heterocycles. The zero-order chi connectivity index (χ0) is 73.5. The highest BCUT2D eigenvalue weighted by molar-refractivity contribution is 7.47. The second kappa shape index (κ2) is 72.6. The highest BCUT2D eigenvalue weighted by Gasteiger charge is 2.30. The summed E-state index contributed by atoms with van der Waals surface area (Å²) in [5.41, 5.74) is 0. The molecular weight excluding hydrogens is 1310 g/mol. The minimum Gasteiger partial charge on any atom is -0.462 e. The minimum atomic E-state index is -4.96. The monoisotopic (exact) mass is 1470 g/mol. The highest BCUT2D eigenvalue weighted by atomic mass is 31.2. The van der Waals surface area contributed by atoms with E-state index in [0.717, 1.165) is 102 Å². The topological polar surface area (TPSA) is 237 Å². The van der Waals surface area contributed by atoms with Gasteiger partial charge in [-0.25, -0.2) is 9.13 Å². The third kappa shape index (κ3) is 74.3. The van der Waals surface area contributed by atoms with Crippen molar-refractivity contribution in [3.8, 4) is 0 Å². The molecule has 2 unspecified atom stereocenters. The third-order valence-electron chi connectivity index (χ3n) is 19.0. The molecule has 5 atom stereocenters. The van der Waals surface area contributed by atoms with Crippen molar-refractivity contribution in [2.75, 3.05) is 39.6 Å². The predicted molar refractivity (Wildman–Crippen MR) is 409 cm³/mol. The molecular formula is C81H158O17P2. The molecule has 17 nitrogen and oxygen atoms in total. The Kier molecular flexibility index (Phi) is 71.2. The van der Waals surface area contributed by atoms with Gasteiger partial charge in [0.05, 0.1) is 26.4 Å². The van der Waals surface area contributed by atoms with Crippen molar-refractivity contribution in [2.45, 2.75) is 445 Å². The molecule has 0 aliphatic rings. The predicted octanol–water partition coefficient (Wildman–Crippen LogP) is 24.3. The molecule has 0 aliphatic carbocycles. The number of aliphatic hydroxyl groups is 1. The first-order chi connectivity index (χ1) is 48.4. The van der Waals surface area contributed by atoms with E-state index in [4.69, 9.17) is 37.0 Å². The van der Waals surface area contributed by atoms with Crippen LogP contribution in [0.5, 0.6) is 0 Å². The van der Waals surface area contributed by atoms with Crippen molar-refractivity contribution < 1.29 is 80.2 Å². The summed E-state index contributed by atoms with van der Waals surface area (Å²) in [6, 6.07) is 0. The van der Waals surface area contributed by atoms with E-state index in [1.165, 1.54) is 244 Å². The third-order valence-corrected chi connectivity index (χ3v) is 20.9. The lowest BCUT2D eigenvalue weighted by atomic mass is 10.0. The van der Waals surface area contributed by atoms with Gasteiger partial charge in [0.15, 0.2) is 12.2 Å². The molecule has 19 heteroatoms. The number of hydrogen-bond acceptors (Lipinski definition) is 15. The number of carbonyl (C=O) groups excluding carboxylic acids is 4. The number of rotatable bonds is 80. The molecule has 0 amide bonds. The summed E-state index contributed by atoms with van der Waals surface area (Å²) < 4.78 is 68.7. The summed E-state index contributed by atoms with van der Waals surface area (Å²) in [4.78, 5) is 73.0. The fourth-order valence-electron chi connectivity index (χ4n) is 12.5. The first-order valence-electron chi connectivity index (χ1n) is 42.0. The number of ether oxygens (including phenoxy) is 4. The summed E-state index contributed by atoms with van der Waals surface area (Å²) in [6.07, 6.45) is 62.3. The molecule has 0 bridgehead atoms. The second-order valence-electron chi connectivity index (χ2n) is 30.1. The summed E-state index contributed by atoms with van der Waals surface area (Å²) in [5.74, 6) is -0.529. The average molecular weight is 1470 g/mol. The van der Waals surface area contributed by atoms with Crippen LogP contribution in [0.3, 0.4) is 0 Å². The number of aliphatic hydroxyl groups excluding tert-OH is 1. The number of phosphoric acid groups is 2. The van der Waals surface area contributed by atoms with E-state index in [2.05, 4.69) is 41.5 Å². The van der Waals surface area contributed by atoms with Crippen LogP contribution in [0.2, 0.25) is 0 Å². The van der Waals surface area contributed by atoms with Crippen molar-refractivity contribution >= 4 is 39.5 Å². The van der Waals surface area contributed by atoms with Crippen LogP contribution < -0.4 is 0 Å². The van der Waals surface area contributed by atoms with Gasteiger partial charge in [-0.3, -0.25) is 37.3 Å². The zero-order valence-electron chi connectivity index (χ0n) is 65.5. The number of phosphoric ester groups is 2. The van der Waals surface area contributed by atoms with Crippen molar-refractivity contribution in [1.82, 2.24) is 0 Å². The van der Waals surface area contributed by atoms with E-state index in [1.54, 1.807) is 0 Å². The molecule has 594 valence electrons. The summed E-state index contributed by atoms with van der Waals surface area (Å²) >= 11 is 0. The summed E-state index contributed by atoms with van der Waals surface area (Å²) in [5, 5.41) is 10.6. The molecule has 0 aliphatic heterocycles. The Bertz CT molecular complexity index is 1920. The van der Waals surface area contributed by atoms with Gasteiger partial charge in [0.2, 0.25) is 0 Å². The van der Waals surface area contributed by atoms with E-state index in [1.807, 2.05) is 0 Å². The molecule has 0 saturated heterocycles. The minimum absolute atomic E-state index is 0.108. The second-order valence-corrected chi connectivity index (χ2v) is 33.0. The molecule has 0 rings (SSSR count). The highest BCUT2D eigenvalue weighted by Crippen LogP contribution is 2.45. The van der Waals surface area contributed by atoms with Gasteiger partial charge in [0.25, 0.3) is 0 Å². The van der Waals surface area contributed by atoms with E-state index < -0.39 is 97.5 Å². The van der Waals surface area contributed by atoms with Crippen LogP contribution in [-0.2, 0) is 65.4 Å². The van der Waals surface area contributed by atoms with Gasteiger partial charge in [-0.15, -0.1) is 0 Å². The number of esters is 4. The lowest BCUT2D eigenvalue weighted by Crippen LogP contribution is -2.30. The fourth-order valence-corrected chi connectivity index (χ4v) is 14.1. The average Bonchev–Trinajstić information content (AvgIpc) is 0.916. The molecule has 100 heavy (non-hydrogen) atoms. The molecule has 0 aromatic rings. The van der Waals surface area contributed by atoms with Gasteiger partial charge in [0, 0.05) is 25.7 Å². The standard InChI is InChI=1S/C81H158O17P2/c1-7-9-11-13-15-17-19-20-21-22-23-24-29-35-41-47-53-59-65-80(85)98-77(70-92-79(84)64-58-52-46-40-34-30-25-27-32-37-43-49-55-61-73(3)4)72-96-100(89,90)94-68-75(82)67-93-99(87,88)95-71-76(69-91-78(83)63-57-51-45-39-18-16-14-12-10-8-2)97-81(86)66-60-54-48-42-36-31-26-28-33-38-44-50-56-62-74(5)6/h73-77,82H,7-72H2,1-6H3,(H,87,88)(H,89,90)/t75-,76+,77+/m0/s1. The number of carbonyl (C=O) groups is 4. The van der Waals surface area contributed by atoms with E-state index in [9.17, 15) is 43.2 Å². The Morgan fingerprint density at radius 3 is 0.680 bits per heavy atom. The fraction of sp³-hybridized carbons (Fsp3) is 0.951. The lowest BCUT2D eigenvalue weighted by molar-refractivity contribution is -0.161. The molecule has 0 saturated carbocycles. The van der Waals surface area contributed by atoms with Gasteiger partial charge < -0.3 is 33.8 Å². The zero-order valence-corrected chi connectivity index (χ0v) is 67.3. The molecule has 0 spiro atoms. The largest absolute Gasteiger partial charge is 0.472 e. The smallest absolute Gasteiger partial charge is 0.462 e. The van der Waals surface area contributed by atoms with E-state index in [0.29, 0.717) is 25.7 Å². The SMILES string of the molecule is CCCCCCCCCCCCCCCCCCCCC(=O)O[C@H](COC(=O)CCCCCCCCCCCCCCCC(C)C)COP(=O)(O)OC[C@@H](O)COP(=O)(O)OC[C@@H](COC(=O)CCCCCCCCCCCC)OC(=O)CCCCCCCCCCCCCCCC(C)C. The first-order valence-corrected chi connectivity index (χ1v) is 45.0. The quantitative estimate of drug-likeness (QED) is 0.0222. The maximum absolute atomic E-state index is 13.1. The first kappa shape index (κ1) is 98.1. The Balaban J connectivity index is 5.24. The molecule has 0 fully saturated rings. The van der Waals surface area contributed by atoms with Crippen molar-refractivity contribution in [3.05, 3.63) is 0 Å². The van der Waals surface area contributed by atoms with Crippen molar-refractivity contribution in [3.63, 3.8) is 0 Å². The summed E-state index contributed by atoms with van der Waals surface area (Å²) in [7, 11) is -9.92. The van der Waals surface area contributed by atoms with Crippen LogP contribution in [0.15, 0.2) is 0 Å². The van der Waals surface area contributed by atoms with Crippen LogP contribution >= 0.6 is 15.6 Å². The molecule has 3 N–H and O–H groups in total. The molecule has 0 radical (unpaired) electrons. The maximum atomic E-state index is 13.1. The Morgan fingerprint density at radius 1 is 0.270 bits per heavy atom. The lowest BCUT2D eigenvalue weighted by Gasteiger charge is -2.21. The van der Waals surface area contributed by atoms with Gasteiger partial charge in [-0.2, -0.15) is 0 Å². The van der Waals surface area contributed by atoms with Crippen LogP contribution in [0, 0.1) is 11.8 Å². The van der Waals surface area contributed by atoms with Gasteiger partial charge in [0.1, 0.15) is 19.3 Å². The number of hydrogen-bond donors (Lipinski definition) is 3. The summed E-state index contributed by atoms with van der Waals surface area (Å²) in [6.45, 7) is 9.67. The van der Waals surface area contributed by atoms with Gasteiger partial charge in [-0.1, -0.05) is 375 Å². The maximum Gasteiger partial charge on any atom is 0.472 e. The van der Waals surface area contributed by atoms with E-state index >= 15 is 0 Å². The van der Waals surface area contributed by atoms with Gasteiger partial charge in [-0.05, 0) is 37.5 Å². The van der Waals surface area contributed by atoms with Crippen LogP contribution in [-0.4, -0.2) is 96.7 Å². The van der Waals surface area contributed by atoms with Crippen molar-refractivity contribution in [2.24, 2.45) is 11.8 Å². The Morgan fingerprint density at radius 2 is 0.460 bits per heavy atom. The molecule has 0 heterocycles. The normalized spacial score (nSPS) is 13.9. The van der Waals surface area contributed by atoms with Crippen LogP contribution in [0.25, 0.3) is 0 Å². The Hall–Kier alpha value is -1.94.